The molecule has 0 aromatic heterocycles. The van der Waals surface area contributed by atoms with Crippen LogP contribution in [0.2, 0.25) is 5.02 Å². The number of aryl methyl sites for hydroxylation is 2. The third-order valence-electron chi connectivity index (χ3n) is 5.31. The summed E-state index contributed by atoms with van der Waals surface area (Å²) in [5.41, 5.74) is 2.19. The van der Waals surface area contributed by atoms with Crippen molar-refractivity contribution in [2.75, 3.05) is 19.8 Å². The van der Waals surface area contributed by atoms with E-state index < -0.39 is 12.1 Å². The maximum Gasteiger partial charge on any atom is 0.184 e. The van der Waals surface area contributed by atoms with Gasteiger partial charge in [0.1, 0.15) is 17.7 Å². The Kier molecular flexibility index (Phi) is 6.98. The van der Waals surface area contributed by atoms with Gasteiger partial charge in [0.05, 0.1) is 24.8 Å². The number of halogens is 3. The molecule has 6 heteroatoms. The molecule has 3 aromatic carbocycles. The third kappa shape index (κ3) is 5.13. The number of rotatable bonds is 7. The normalized spacial score (nSPS) is 18.9. The molecule has 3 aromatic rings. The molecule has 0 bridgehead atoms. The number of hydrogen-bond acceptors (Lipinski definition) is 3. The Morgan fingerprint density at radius 1 is 1.03 bits per heavy atom. The fourth-order valence-corrected chi connectivity index (χ4v) is 3.77. The van der Waals surface area contributed by atoms with Crippen LogP contribution in [-0.2, 0) is 27.1 Å². The summed E-state index contributed by atoms with van der Waals surface area (Å²) in [6, 6.07) is 13.8. The molecule has 4 rings (SSSR count). The van der Waals surface area contributed by atoms with Gasteiger partial charge < -0.3 is 14.2 Å². The molecule has 1 aliphatic heterocycles. The summed E-state index contributed by atoms with van der Waals surface area (Å²) in [7, 11) is 0. The van der Waals surface area contributed by atoms with E-state index in [0.717, 1.165) is 16.5 Å². The van der Waals surface area contributed by atoms with Crippen molar-refractivity contribution in [2.24, 2.45) is 0 Å². The van der Waals surface area contributed by atoms with E-state index in [9.17, 15) is 4.39 Å². The van der Waals surface area contributed by atoms with Crippen LogP contribution in [0.5, 0.6) is 0 Å². The van der Waals surface area contributed by atoms with E-state index in [1.54, 1.807) is 24.3 Å². The molecule has 1 aliphatic rings. The second kappa shape index (κ2) is 9.88. The smallest absolute Gasteiger partial charge is 0.184 e. The summed E-state index contributed by atoms with van der Waals surface area (Å²) >= 11 is 5.72. The topological polar surface area (TPSA) is 27.7 Å². The summed E-state index contributed by atoms with van der Waals surface area (Å²) in [5.74, 6) is -0.724. The van der Waals surface area contributed by atoms with Crippen molar-refractivity contribution in [1.82, 2.24) is 0 Å². The van der Waals surface area contributed by atoms with Crippen LogP contribution in [0.3, 0.4) is 0 Å². The molecule has 0 N–H and O–H groups in total. The fourth-order valence-electron chi connectivity index (χ4n) is 3.65. The number of ether oxygens (including phenoxy) is 3. The molecular formula is C25H23ClF2O3. The van der Waals surface area contributed by atoms with Gasteiger partial charge >= 0.3 is 0 Å². The van der Waals surface area contributed by atoms with Crippen LogP contribution in [0.25, 0.3) is 10.8 Å². The highest BCUT2D eigenvalue weighted by atomic mass is 35.5. The quantitative estimate of drug-likeness (QED) is 0.408. The summed E-state index contributed by atoms with van der Waals surface area (Å²) in [5, 5.41) is 1.39. The van der Waals surface area contributed by atoms with Crippen molar-refractivity contribution in [3.63, 3.8) is 0 Å². The van der Waals surface area contributed by atoms with E-state index in [1.165, 1.54) is 12.1 Å². The highest BCUT2D eigenvalue weighted by Gasteiger charge is 2.24. The molecule has 0 aliphatic carbocycles. The average Bonchev–Trinajstić information content (AvgIpc) is 2.79. The minimum Gasteiger partial charge on any atom is -0.369 e. The van der Waals surface area contributed by atoms with Gasteiger partial charge in [0.15, 0.2) is 6.29 Å². The first-order valence-corrected chi connectivity index (χ1v) is 10.5. The van der Waals surface area contributed by atoms with Crippen LogP contribution in [0.15, 0.2) is 61.2 Å². The lowest BCUT2D eigenvalue weighted by Gasteiger charge is -2.29. The lowest BCUT2D eigenvalue weighted by atomic mass is 9.99. The Balaban J connectivity index is 1.45. The fraction of sp³-hybridized carbons (Fsp3) is 0.280. The van der Waals surface area contributed by atoms with Gasteiger partial charge in [-0.2, -0.15) is 0 Å². The van der Waals surface area contributed by atoms with Gasteiger partial charge in [-0.25, -0.2) is 8.78 Å². The highest BCUT2D eigenvalue weighted by Crippen LogP contribution is 2.29. The predicted molar refractivity (Wildman–Crippen MR) is 117 cm³/mol. The summed E-state index contributed by atoms with van der Waals surface area (Å²) < 4.78 is 45.8. The molecule has 3 nitrogen and oxygen atoms in total. The second-order valence-electron chi connectivity index (χ2n) is 7.51. The van der Waals surface area contributed by atoms with Crippen LogP contribution < -0.4 is 0 Å². The van der Waals surface area contributed by atoms with E-state index in [-0.39, 0.29) is 16.9 Å². The van der Waals surface area contributed by atoms with Gasteiger partial charge in [0.25, 0.3) is 0 Å². The SMILES string of the molecule is C=CCOC1COC(c2ccc3c(F)c(CCc4ccc(Cl)c(F)c4)ccc3c2)OC1. The molecule has 0 saturated carbocycles. The molecule has 0 radical (unpaired) electrons. The third-order valence-corrected chi connectivity index (χ3v) is 5.62. The van der Waals surface area contributed by atoms with Crippen molar-refractivity contribution >= 4 is 22.4 Å². The molecule has 31 heavy (non-hydrogen) atoms. The molecule has 0 atom stereocenters. The lowest BCUT2D eigenvalue weighted by molar-refractivity contribution is -0.228. The Bertz CT molecular complexity index is 1080. The van der Waals surface area contributed by atoms with Gasteiger partial charge in [0, 0.05) is 10.9 Å². The first-order chi connectivity index (χ1) is 15.0. The standard InChI is InChI=1S/C25H23ClF2O3/c1-2-11-29-20-14-30-25(31-15-20)19-8-9-21-18(13-19)7-6-17(24(21)28)5-3-16-4-10-22(26)23(27)12-16/h2,4,6-10,12-13,20,25H,1,3,5,11,14-15H2. The summed E-state index contributed by atoms with van der Waals surface area (Å²) in [4.78, 5) is 0. The van der Waals surface area contributed by atoms with Gasteiger partial charge in [-0.1, -0.05) is 48.0 Å². The Labute approximate surface area is 185 Å². The van der Waals surface area contributed by atoms with Crippen LogP contribution in [0, 0.1) is 11.6 Å². The second-order valence-corrected chi connectivity index (χ2v) is 7.92. The maximum atomic E-state index is 15.1. The van der Waals surface area contributed by atoms with Crippen molar-refractivity contribution in [1.29, 1.82) is 0 Å². The Morgan fingerprint density at radius 2 is 1.84 bits per heavy atom. The maximum absolute atomic E-state index is 15.1. The van der Waals surface area contributed by atoms with Gasteiger partial charge in [-0.15, -0.1) is 6.58 Å². The Morgan fingerprint density at radius 3 is 2.58 bits per heavy atom. The van der Waals surface area contributed by atoms with Crippen molar-refractivity contribution in [3.05, 3.63) is 94.5 Å². The highest BCUT2D eigenvalue weighted by molar-refractivity contribution is 6.30. The molecule has 1 heterocycles. The number of hydrogen-bond donors (Lipinski definition) is 0. The van der Waals surface area contributed by atoms with Crippen LogP contribution in [-0.4, -0.2) is 25.9 Å². The molecule has 0 unspecified atom stereocenters. The molecular weight excluding hydrogens is 422 g/mol. The monoisotopic (exact) mass is 444 g/mol. The van der Waals surface area contributed by atoms with Crippen molar-refractivity contribution in [2.45, 2.75) is 25.2 Å². The van der Waals surface area contributed by atoms with E-state index in [0.29, 0.717) is 43.6 Å². The van der Waals surface area contributed by atoms with E-state index >= 15 is 4.39 Å². The number of benzene rings is 3. The van der Waals surface area contributed by atoms with Crippen molar-refractivity contribution in [3.8, 4) is 0 Å². The first kappa shape index (κ1) is 21.9. The van der Waals surface area contributed by atoms with Gasteiger partial charge in [-0.05, 0) is 47.6 Å². The zero-order chi connectivity index (χ0) is 21.8. The Hall–Kier alpha value is -2.31. The van der Waals surface area contributed by atoms with E-state index in [4.69, 9.17) is 25.8 Å². The number of fused-ring (bicyclic) bond motifs is 1. The van der Waals surface area contributed by atoms with Crippen LogP contribution >= 0.6 is 11.6 Å². The lowest BCUT2D eigenvalue weighted by Crippen LogP contribution is -2.33. The van der Waals surface area contributed by atoms with Gasteiger partial charge in [0.2, 0.25) is 0 Å². The molecule has 0 spiro atoms. The molecule has 0 amide bonds. The van der Waals surface area contributed by atoms with Crippen molar-refractivity contribution < 1.29 is 23.0 Å². The van der Waals surface area contributed by atoms with E-state index in [2.05, 4.69) is 6.58 Å². The summed E-state index contributed by atoms with van der Waals surface area (Å²) in [6.45, 7) is 4.93. The molecule has 1 saturated heterocycles. The average molecular weight is 445 g/mol. The van der Waals surface area contributed by atoms with E-state index in [1.807, 2.05) is 18.2 Å². The van der Waals surface area contributed by atoms with Crippen LogP contribution in [0.4, 0.5) is 8.78 Å². The minimum absolute atomic E-state index is 0.0853. The molecule has 1 fully saturated rings. The van der Waals surface area contributed by atoms with Gasteiger partial charge in [-0.3, -0.25) is 0 Å². The largest absolute Gasteiger partial charge is 0.369 e. The van der Waals surface area contributed by atoms with Crippen LogP contribution in [0.1, 0.15) is 23.0 Å². The minimum atomic E-state index is -0.504. The molecule has 162 valence electrons. The zero-order valence-corrected chi connectivity index (χ0v) is 17.7. The predicted octanol–water partition coefficient (Wildman–Crippen LogP) is 6.17. The zero-order valence-electron chi connectivity index (χ0n) is 17.0. The summed E-state index contributed by atoms with van der Waals surface area (Å²) in [6.07, 6.45) is 2.05. The first-order valence-electron chi connectivity index (χ1n) is 10.2.